The second-order valence-corrected chi connectivity index (χ2v) is 5.15. The van der Waals surface area contributed by atoms with Gasteiger partial charge in [-0.15, -0.1) is 0 Å². The van der Waals surface area contributed by atoms with Crippen molar-refractivity contribution in [1.82, 2.24) is 0 Å². The molecule has 5 nitrogen and oxygen atoms in total. The highest BCUT2D eigenvalue weighted by molar-refractivity contribution is 9.10. The Morgan fingerprint density at radius 1 is 1.29 bits per heavy atom. The van der Waals surface area contributed by atoms with Gasteiger partial charge in [-0.05, 0) is 40.2 Å². The number of hydrogen-bond acceptors (Lipinski definition) is 4. The van der Waals surface area contributed by atoms with Crippen molar-refractivity contribution >= 4 is 39.2 Å². The largest absolute Gasteiger partial charge is 0.421 e. The highest BCUT2D eigenvalue weighted by Gasteiger charge is 2.16. The van der Waals surface area contributed by atoms with Crippen molar-refractivity contribution in [2.24, 2.45) is 0 Å². The molecule has 0 bridgehead atoms. The summed E-state index contributed by atoms with van der Waals surface area (Å²) in [5.74, 6) is -1.30. The molecule has 2 aromatic carbocycles. The lowest BCUT2D eigenvalue weighted by Crippen LogP contribution is -2.09. The van der Waals surface area contributed by atoms with Gasteiger partial charge in [-0.2, -0.15) is 0 Å². The SMILES string of the molecule is O=C(Oc1ccc([N+](=O)[O-])cc1Cl)c1ccc(F)cc1Br. The minimum Gasteiger partial charge on any atom is -0.421 e. The molecule has 0 heterocycles. The molecule has 0 N–H and O–H groups in total. The molecule has 0 fully saturated rings. The molecule has 21 heavy (non-hydrogen) atoms. The first-order valence-electron chi connectivity index (χ1n) is 5.49. The summed E-state index contributed by atoms with van der Waals surface area (Å²) in [5, 5.41) is 10.5. The monoisotopic (exact) mass is 373 g/mol. The number of hydrogen-bond donors (Lipinski definition) is 0. The van der Waals surface area contributed by atoms with Crippen molar-refractivity contribution in [3.05, 3.63) is 67.4 Å². The van der Waals surface area contributed by atoms with Crippen molar-refractivity contribution in [2.75, 3.05) is 0 Å². The van der Waals surface area contributed by atoms with Crippen LogP contribution in [0.3, 0.4) is 0 Å². The zero-order valence-corrected chi connectivity index (χ0v) is 12.5. The summed E-state index contributed by atoms with van der Waals surface area (Å²) in [5.41, 5.74) is -0.117. The van der Waals surface area contributed by atoms with E-state index in [0.717, 1.165) is 24.3 Å². The highest BCUT2D eigenvalue weighted by atomic mass is 79.9. The fraction of sp³-hybridized carbons (Fsp3) is 0. The van der Waals surface area contributed by atoms with Crippen LogP contribution >= 0.6 is 27.5 Å². The van der Waals surface area contributed by atoms with E-state index in [1.54, 1.807) is 0 Å². The summed E-state index contributed by atoms with van der Waals surface area (Å²) >= 11 is 8.86. The summed E-state index contributed by atoms with van der Waals surface area (Å²) in [4.78, 5) is 21.9. The van der Waals surface area contributed by atoms with Gasteiger partial charge in [-0.25, -0.2) is 9.18 Å². The number of nitrogens with zero attached hydrogens (tertiary/aromatic N) is 1. The van der Waals surface area contributed by atoms with Gasteiger partial charge in [0.05, 0.1) is 15.5 Å². The van der Waals surface area contributed by atoms with E-state index in [2.05, 4.69) is 15.9 Å². The molecule has 0 unspecified atom stereocenters. The lowest BCUT2D eigenvalue weighted by atomic mass is 10.2. The average molecular weight is 375 g/mol. The number of rotatable bonds is 3. The van der Waals surface area contributed by atoms with E-state index in [0.29, 0.717) is 0 Å². The van der Waals surface area contributed by atoms with Gasteiger partial charge in [0, 0.05) is 16.6 Å². The number of ether oxygens (including phenoxy) is 1. The summed E-state index contributed by atoms with van der Waals surface area (Å²) in [6.07, 6.45) is 0. The minimum atomic E-state index is -0.766. The number of benzene rings is 2. The smallest absolute Gasteiger partial charge is 0.344 e. The van der Waals surface area contributed by atoms with Crippen LogP contribution in [-0.2, 0) is 0 Å². The Hall–Kier alpha value is -1.99. The predicted octanol–water partition coefficient (Wildman–Crippen LogP) is 4.37. The van der Waals surface area contributed by atoms with Gasteiger partial charge in [-0.3, -0.25) is 10.1 Å². The maximum atomic E-state index is 13.0. The van der Waals surface area contributed by atoms with Gasteiger partial charge in [0.25, 0.3) is 5.69 Å². The van der Waals surface area contributed by atoms with Crippen molar-refractivity contribution in [1.29, 1.82) is 0 Å². The van der Waals surface area contributed by atoms with Crippen LogP contribution in [0.4, 0.5) is 10.1 Å². The van der Waals surface area contributed by atoms with Crippen LogP contribution in [0.15, 0.2) is 40.9 Å². The number of non-ortho nitro benzene ring substituents is 1. The maximum absolute atomic E-state index is 13.0. The van der Waals surface area contributed by atoms with E-state index in [-0.39, 0.29) is 26.5 Å². The number of carbonyl (C=O) groups is 1. The molecule has 2 rings (SSSR count). The molecule has 0 aliphatic carbocycles. The molecule has 0 spiro atoms. The van der Waals surface area contributed by atoms with Crippen molar-refractivity contribution in [3.63, 3.8) is 0 Å². The van der Waals surface area contributed by atoms with E-state index in [1.807, 2.05) is 0 Å². The Morgan fingerprint density at radius 3 is 2.57 bits per heavy atom. The van der Waals surface area contributed by atoms with E-state index in [4.69, 9.17) is 16.3 Å². The number of esters is 1. The standard InChI is InChI=1S/C13H6BrClFNO4/c14-10-5-7(16)1-3-9(10)13(18)21-12-4-2-8(17(19)20)6-11(12)15/h1-6H. The van der Waals surface area contributed by atoms with E-state index < -0.39 is 16.7 Å². The number of carbonyl (C=O) groups excluding carboxylic acids is 1. The number of halogens is 3. The summed E-state index contributed by atoms with van der Waals surface area (Å²) in [6, 6.07) is 6.93. The fourth-order valence-corrected chi connectivity index (χ4v) is 2.22. The molecule has 0 atom stereocenters. The van der Waals surface area contributed by atoms with Gasteiger partial charge in [0.15, 0.2) is 0 Å². The van der Waals surface area contributed by atoms with Crippen LogP contribution in [0.2, 0.25) is 5.02 Å². The van der Waals surface area contributed by atoms with Crippen LogP contribution in [0.25, 0.3) is 0 Å². The van der Waals surface area contributed by atoms with E-state index in [1.165, 1.54) is 12.1 Å². The molecule has 0 radical (unpaired) electrons. The summed E-state index contributed by atoms with van der Waals surface area (Å²) in [7, 11) is 0. The Morgan fingerprint density at radius 2 is 2.00 bits per heavy atom. The number of nitro benzene ring substituents is 1. The van der Waals surface area contributed by atoms with Crippen molar-refractivity contribution in [2.45, 2.75) is 0 Å². The highest BCUT2D eigenvalue weighted by Crippen LogP contribution is 2.30. The second-order valence-electron chi connectivity index (χ2n) is 3.89. The van der Waals surface area contributed by atoms with Gasteiger partial charge in [0.2, 0.25) is 0 Å². The third-order valence-electron chi connectivity index (χ3n) is 2.48. The van der Waals surface area contributed by atoms with Gasteiger partial charge >= 0.3 is 5.97 Å². The van der Waals surface area contributed by atoms with Gasteiger partial charge in [0.1, 0.15) is 11.6 Å². The first kappa shape index (κ1) is 15.4. The Labute approximate surface area is 131 Å². The number of nitro groups is 1. The predicted molar refractivity (Wildman–Crippen MR) is 77.2 cm³/mol. The molecule has 2 aromatic rings. The average Bonchev–Trinajstić information content (AvgIpc) is 2.40. The van der Waals surface area contributed by atoms with Gasteiger partial charge < -0.3 is 4.74 Å². The molecule has 8 heteroatoms. The molecule has 0 saturated carbocycles. The lowest BCUT2D eigenvalue weighted by Gasteiger charge is -2.07. The Kier molecular flexibility index (Phi) is 4.54. The fourth-order valence-electron chi connectivity index (χ4n) is 1.50. The zero-order valence-electron chi connectivity index (χ0n) is 10.2. The van der Waals surface area contributed by atoms with E-state index >= 15 is 0 Å². The van der Waals surface area contributed by atoms with Crippen LogP contribution in [0.1, 0.15) is 10.4 Å². The minimum absolute atomic E-state index is 0.0245. The molecule has 108 valence electrons. The third-order valence-corrected chi connectivity index (χ3v) is 3.43. The zero-order chi connectivity index (χ0) is 15.6. The molecular weight excluding hydrogens is 369 g/mol. The van der Waals surface area contributed by atoms with Crippen LogP contribution in [0, 0.1) is 15.9 Å². The first-order valence-corrected chi connectivity index (χ1v) is 6.67. The van der Waals surface area contributed by atoms with Crippen molar-refractivity contribution < 1.29 is 18.8 Å². The van der Waals surface area contributed by atoms with Crippen LogP contribution < -0.4 is 4.74 Å². The second kappa shape index (κ2) is 6.19. The molecule has 0 aliphatic heterocycles. The normalized spacial score (nSPS) is 10.2. The molecular formula is C13H6BrClFNO4. The van der Waals surface area contributed by atoms with Crippen LogP contribution in [0.5, 0.6) is 5.75 Å². The Bertz CT molecular complexity index is 738. The van der Waals surface area contributed by atoms with Crippen LogP contribution in [-0.4, -0.2) is 10.9 Å². The molecule has 0 amide bonds. The van der Waals surface area contributed by atoms with E-state index in [9.17, 15) is 19.3 Å². The Balaban J connectivity index is 2.25. The third kappa shape index (κ3) is 3.56. The maximum Gasteiger partial charge on any atom is 0.344 e. The quantitative estimate of drug-likeness (QED) is 0.346. The van der Waals surface area contributed by atoms with Gasteiger partial charge in [-0.1, -0.05) is 11.6 Å². The lowest BCUT2D eigenvalue weighted by molar-refractivity contribution is -0.384. The molecule has 0 aliphatic rings. The molecule has 0 aromatic heterocycles. The topological polar surface area (TPSA) is 69.4 Å². The summed E-state index contributed by atoms with van der Waals surface area (Å²) < 4.78 is 18.2. The summed E-state index contributed by atoms with van der Waals surface area (Å²) in [6.45, 7) is 0. The first-order chi connectivity index (χ1) is 9.88. The van der Waals surface area contributed by atoms with Crippen molar-refractivity contribution in [3.8, 4) is 5.75 Å². The molecule has 0 saturated heterocycles.